The van der Waals surface area contributed by atoms with E-state index in [0.29, 0.717) is 13.0 Å². The van der Waals surface area contributed by atoms with Gasteiger partial charge in [-0.1, -0.05) is 12.1 Å². The van der Waals surface area contributed by atoms with Gasteiger partial charge in [0.05, 0.1) is 6.61 Å². The number of methoxy groups -OCH3 is 1. The molecular formula is C14H20N2O2. The van der Waals surface area contributed by atoms with Crippen LogP contribution in [-0.4, -0.2) is 36.5 Å². The predicted octanol–water partition coefficient (Wildman–Crippen LogP) is 1.65. The average Bonchev–Trinajstić information content (AvgIpc) is 2.84. The van der Waals surface area contributed by atoms with E-state index >= 15 is 0 Å². The zero-order chi connectivity index (χ0) is 12.8. The molecule has 98 valence electrons. The van der Waals surface area contributed by atoms with Crippen LogP contribution in [0.5, 0.6) is 0 Å². The van der Waals surface area contributed by atoms with E-state index in [1.54, 1.807) is 7.11 Å². The van der Waals surface area contributed by atoms with E-state index in [1.807, 2.05) is 6.20 Å². The molecule has 0 aliphatic carbocycles. The Hall–Kier alpha value is -1.36. The zero-order valence-corrected chi connectivity index (χ0v) is 10.6. The number of benzene rings is 1. The van der Waals surface area contributed by atoms with E-state index in [9.17, 15) is 0 Å². The van der Waals surface area contributed by atoms with Crippen molar-refractivity contribution in [3.8, 4) is 0 Å². The molecule has 1 unspecified atom stereocenters. The lowest BCUT2D eigenvalue weighted by molar-refractivity contribution is 0.148. The first-order valence-corrected chi connectivity index (χ1v) is 6.22. The summed E-state index contributed by atoms with van der Waals surface area (Å²) in [6, 6.07) is 8.63. The highest BCUT2D eigenvalue weighted by molar-refractivity contribution is 5.79. The van der Waals surface area contributed by atoms with Crippen LogP contribution in [0.25, 0.3) is 10.9 Å². The van der Waals surface area contributed by atoms with Crippen LogP contribution in [0.4, 0.5) is 0 Å². The molecule has 0 saturated heterocycles. The van der Waals surface area contributed by atoms with E-state index in [4.69, 9.17) is 9.84 Å². The Kier molecular flexibility index (Phi) is 4.75. The van der Waals surface area contributed by atoms with Gasteiger partial charge in [-0.15, -0.1) is 0 Å². The summed E-state index contributed by atoms with van der Waals surface area (Å²) in [5, 5.41) is 13.6. The fourth-order valence-corrected chi connectivity index (χ4v) is 2.07. The number of fused-ring (bicyclic) bond motifs is 1. The van der Waals surface area contributed by atoms with Crippen LogP contribution >= 0.6 is 0 Å². The van der Waals surface area contributed by atoms with Gasteiger partial charge in [-0.25, -0.2) is 0 Å². The second-order valence-corrected chi connectivity index (χ2v) is 4.44. The first kappa shape index (κ1) is 13.1. The molecule has 0 fully saturated rings. The summed E-state index contributed by atoms with van der Waals surface area (Å²) in [6.45, 7) is 1.57. The number of H-pyrrole nitrogens is 1. The fraction of sp³-hybridized carbons (Fsp3) is 0.429. The normalized spacial score (nSPS) is 13.0. The molecule has 1 heterocycles. The maximum Gasteiger partial charge on any atom is 0.0616 e. The molecule has 0 saturated carbocycles. The highest BCUT2D eigenvalue weighted by Crippen LogP contribution is 2.14. The van der Waals surface area contributed by atoms with Crippen LogP contribution in [0, 0.1) is 0 Å². The molecule has 3 N–H and O–H groups in total. The fourth-order valence-electron chi connectivity index (χ4n) is 2.07. The summed E-state index contributed by atoms with van der Waals surface area (Å²) in [5.41, 5.74) is 2.38. The number of aromatic amines is 1. The summed E-state index contributed by atoms with van der Waals surface area (Å²) in [5.74, 6) is 0. The minimum absolute atomic E-state index is 0.177. The van der Waals surface area contributed by atoms with Crippen LogP contribution in [0.3, 0.4) is 0 Å². The highest BCUT2D eigenvalue weighted by atomic mass is 16.5. The van der Waals surface area contributed by atoms with Gasteiger partial charge in [0.25, 0.3) is 0 Å². The number of ether oxygens (including phenoxy) is 1. The molecule has 0 bridgehead atoms. The largest absolute Gasteiger partial charge is 0.396 e. The third-order valence-corrected chi connectivity index (χ3v) is 3.06. The van der Waals surface area contributed by atoms with Gasteiger partial charge in [-0.05, 0) is 29.5 Å². The molecule has 0 amide bonds. The van der Waals surface area contributed by atoms with Gasteiger partial charge in [0.15, 0.2) is 0 Å². The second-order valence-electron chi connectivity index (χ2n) is 4.44. The Balaban J connectivity index is 1.95. The molecule has 2 aromatic rings. The number of aliphatic hydroxyl groups is 1. The Morgan fingerprint density at radius 1 is 1.39 bits per heavy atom. The highest BCUT2D eigenvalue weighted by Gasteiger charge is 2.07. The Bertz CT molecular complexity index is 475. The molecule has 4 heteroatoms. The van der Waals surface area contributed by atoms with Crippen molar-refractivity contribution >= 4 is 10.9 Å². The Labute approximate surface area is 107 Å². The first-order chi connectivity index (χ1) is 8.83. The second kappa shape index (κ2) is 6.54. The van der Waals surface area contributed by atoms with Gasteiger partial charge >= 0.3 is 0 Å². The van der Waals surface area contributed by atoms with Crippen molar-refractivity contribution in [3.63, 3.8) is 0 Å². The predicted molar refractivity (Wildman–Crippen MR) is 72.5 cm³/mol. The molecule has 0 spiro atoms. The standard InChI is InChI=1S/C14H20N2O2/c1-18-10-13(5-7-17)16-9-11-2-3-12-4-6-15-14(12)8-11/h2-4,6,8,13,15-17H,5,7,9-10H2,1H3. The van der Waals surface area contributed by atoms with E-state index in [1.165, 1.54) is 10.9 Å². The van der Waals surface area contributed by atoms with Crippen molar-refractivity contribution in [2.45, 2.75) is 19.0 Å². The number of aliphatic hydroxyl groups excluding tert-OH is 1. The minimum Gasteiger partial charge on any atom is -0.396 e. The minimum atomic E-state index is 0.177. The molecule has 0 aliphatic rings. The van der Waals surface area contributed by atoms with Crippen molar-refractivity contribution in [3.05, 3.63) is 36.0 Å². The van der Waals surface area contributed by atoms with Gasteiger partial charge in [0.1, 0.15) is 0 Å². The number of nitrogens with one attached hydrogen (secondary N) is 2. The number of hydrogen-bond acceptors (Lipinski definition) is 3. The number of rotatable bonds is 7. The summed E-state index contributed by atoms with van der Waals surface area (Å²) in [6.07, 6.45) is 2.65. The molecule has 1 atom stereocenters. The van der Waals surface area contributed by atoms with E-state index in [0.717, 1.165) is 12.1 Å². The third-order valence-electron chi connectivity index (χ3n) is 3.06. The zero-order valence-electron chi connectivity index (χ0n) is 10.6. The summed E-state index contributed by atoms with van der Waals surface area (Å²) in [7, 11) is 1.68. The number of hydrogen-bond donors (Lipinski definition) is 3. The SMILES string of the molecule is COCC(CCO)NCc1ccc2cc[nH]c2c1. The van der Waals surface area contributed by atoms with Gasteiger partial charge in [0.2, 0.25) is 0 Å². The lowest BCUT2D eigenvalue weighted by Crippen LogP contribution is -2.33. The maximum absolute atomic E-state index is 8.97. The van der Waals surface area contributed by atoms with Crippen LogP contribution in [0.2, 0.25) is 0 Å². The van der Waals surface area contributed by atoms with Crippen molar-refractivity contribution < 1.29 is 9.84 Å². The molecular weight excluding hydrogens is 228 g/mol. The summed E-state index contributed by atoms with van der Waals surface area (Å²) < 4.78 is 5.12. The molecule has 1 aromatic heterocycles. The van der Waals surface area contributed by atoms with Crippen LogP contribution < -0.4 is 5.32 Å². The molecule has 0 radical (unpaired) electrons. The van der Waals surface area contributed by atoms with Crippen molar-refractivity contribution in [1.29, 1.82) is 0 Å². The molecule has 18 heavy (non-hydrogen) atoms. The Morgan fingerprint density at radius 2 is 2.28 bits per heavy atom. The van der Waals surface area contributed by atoms with Crippen LogP contribution in [0.15, 0.2) is 30.5 Å². The lowest BCUT2D eigenvalue weighted by Gasteiger charge is -2.16. The van der Waals surface area contributed by atoms with Crippen LogP contribution in [0.1, 0.15) is 12.0 Å². The molecule has 0 aliphatic heterocycles. The van der Waals surface area contributed by atoms with Crippen LogP contribution in [-0.2, 0) is 11.3 Å². The topological polar surface area (TPSA) is 57.3 Å². The Morgan fingerprint density at radius 3 is 3.06 bits per heavy atom. The van der Waals surface area contributed by atoms with Gasteiger partial charge in [0, 0.05) is 38.0 Å². The maximum atomic E-state index is 8.97. The van der Waals surface area contributed by atoms with Crippen molar-refractivity contribution in [2.24, 2.45) is 0 Å². The molecule has 4 nitrogen and oxygen atoms in total. The smallest absolute Gasteiger partial charge is 0.0616 e. The summed E-state index contributed by atoms with van der Waals surface area (Å²) >= 11 is 0. The van der Waals surface area contributed by atoms with Crippen molar-refractivity contribution in [1.82, 2.24) is 10.3 Å². The number of aromatic nitrogens is 1. The molecule has 2 rings (SSSR count). The first-order valence-electron chi connectivity index (χ1n) is 6.22. The summed E-state index contributed by atoms with van der Waals surface area (Å²) in [4.78, 5) is 3.21. The average molecular weight is 248 g/mol. The van der Waals surface area contributed by atoms with E-state index in [-0.39, 0.29) is 12.6 Å². The van der Waals surface area contributed by atoms with Gasteiger partial charge < -0.3 is 20.1 Å². The van der Waals surface area contributed by atoms with Gasteiger partial charge in [-0.2, -0.15) is 0 Å². The van der Waals surface area contributed by atoms with E-state index in [2.05, 4.69) is 34.6 Å². The third kappa shape index (κ3) is 3.32. The lowest BCUT2D eigenvalue weighted by atomic mass is 10.1. The van der Waals surface area contributed by atoms with Gasteiger partial charge in [-0.3, -0.25) is 0 Å². The van der Waals surface area contributed by atoms with E-state index < -0.39 is 0 Å². The molecule has 1 aromatic carbocycles. The van der Waals surface area contributed by atoms with Crippen molar-refractivity contribution in [2.75, 3.05) is 20.3 Å². The monoisotopic (exact) mass is 248 g/mol. The quantitative estimate of drug-likeness (QED) is 0.698.